The predicted octanol–water partition coefficient (Wildman–Crippen LogP) is 3.20. The molecule has 0 radical (unpaired) electrons. The number of benzene rings is 2. The minimum absolute atomic E-state index is 0.00333. The SMILES string of the molecule is Cc1cccc(Nc2ccccc2C(=O)OCCO)c1C. The molecule has 0 spiro atoms. The average molecular weight is 285 g/mol. The molecule has 0 fully saturated rings. The third kappa shape index (κ3) is 3.61. The van der Waals surface area contributed by atoms with Gasteiger partial charge in [-0.2, -0.15) is 0 Å². The molecule has 0 unspecified atom stereocenters. The van der Waals surface area contributed by atoms with E-state index in [1.165, 1.54) is 5.56 Å². The fourth-order valence-corrected chi connectivity index (χ4v) is 2.02. The van der Waals surface area contributed by atoms with Gasteiger partial charge in [-0.25, -0.2) is 4.79 Å². The van der Waals surface area contributed by atoms with Crippen LogP contribution in [-0.2, 0) is 4.74 Å². The Hall–Kier alpha value is -2.33. The number of aliphatic hydroxyl groups is 1. The quantitative estimate of drug-likeness (QED) is 0.828. The van der Waals surface area contributed by atoms with Gasteiger partial charge in [-0.05, 0) is 43.2 Å². The Morgan fingerprint density at radius 3 is 2.57 bits per heavy atom. The first-order chi connectivity index (χ1) is 10.1. The fraction of sp³-hybridized carbons (Fsp3) is 0.235. The summed E-state index contributed by atoms with van der Waals surface area (Å²) in [6.07, 6.45) is 0. The lowest BCUT2D eigenvalue weighted by molar-refractivity contribution is 0.0435. The highest BCUT2D eigenvalue weighted by molar-refractivity contribution is 5.96. The van der Waals surface area contributed by atoms with Crippen LogP contribution in [0.3, 0.4) is 0 Å². The van der Waals surface area contributed by atoms with Crippen molar-refractivity contribution in [3.8, 4) is 0 Å². The number of aryl methyl sites for hydroxylation is 1. The molecule has 21 heavy (non-hydrogen) atoms. The molecule has 0 aromatic heterocycles. The number of nitrogens with one attached hydrogen (secondary N) is 1. The summed E-state index contributed by atoms with van der Waals surface area (Å²) in [5.41, 5.74) is 4.41. The lowest BCUT2D eigenvalue weighted by Crippen LogP contribution is -2.11. The molecule has 0 atom stereocenters. The van der Waals surface area contributed by atoms with Crippen molar-refractivity contribution in [3.05, 3.63) is 59.2 Å². The molecule has 2 aromatic carbocycles. The van der Waals surface area contributed by atoms with Gasteiger partial charge in [-0.3, -0.25) is 0 Å². The van der Waals surface area contributed by atoms with Crippen LogP contribution in [0.1, 0.15) is 21.5 Å². The molecule has 4 heteroatoms. The minimum Gasteiger partial charge on any atom is -0.460 e. The molecule has 2 N–H and O–H groups in total. The number of hydrogen-bond acceptors (Lipinski definition) is 4. The zero-order valence-electron chi connectivity index (χ0n) is 12.2. The van der Waals surface area contributed by atoms with Crippen molar-refractivity contribution in [2.45, 2.75) is 13.8 Å². The van der Waals surface area contributed by atoms with Crippen LogP contribution in [0.15, 0.2) is 42.5 Å². The maximum Gasteiger partial charge on any atom is 0.340 e. The van der Waals surface area contributed by atoms with E-state index >= 15 is 0 Å². The van der Waals surface area contributed by atoms with E-state index in [2.05, 4.69) is 5.32 Å². The van der Waals surface area contributed by atoms with Gasteiger partial charge in [0, 0.05) is 5.69 Å². The maximum atomic E-state index is 12.0. The standard InChI is InChI=1S/C17H19NO3/c1-12-6-5-9-15(13(12)2)18-16-8-4-3-7-14(16)17(20)21-11-10-19/h3-9,18-19H,10-11H2,1-2H3. The molecular formula is C17H19NO3. The van der Waals surface area contributed by atoms with Crippen LogP contribution in [0.5, 0.6) is 0 Å². The summed E-state index contributed by atoms with van der Waals surface area (Å²) in [7, 11) is 0. The van der Waals surface area contributed by atoms with Gasteiger partial charge >= 0.3 is 5.97 Å². The molecule has 4 nitrogen and oxygen atoms in total. The van der Waals surface area contributed by atoms with Gasteiger partial charge in [0.25, 0.3) is 0 Å². The van der Waals surface area contributed by atoms with Gasteiger partial charge in [0.15, 0.2) is 0 Å². The Labute approximate surface area is 124 Å². The molecule has 0 aliphatic heterocycles. The second-order valence-corrected chi connectivity index (χ2v) is 4.78. The number of hydrogen-bond donors (Lipinski definition) is 2. The Morgan fingerprint density at radius 2 is 1.81 bits per heavy atom. The lowest BCUT2D eigenvalue weighted by Gasteiger charge is -2.14. The number of carbonyl (C=O) groups is 1. The first-order valence-corrected chi connectivity index (χ1v) is 6.83. The predicted molar refractivity (Wildman–Crippen MR) is 83.0 cm³/mol. The summed E-state index contributed by atoms with van der Waals surface area (Å²) in [6.45, 7) is 3.89. The smallest absolute Gasteiger partial charge is 0.340 e. The normalized spacial score (nSPS) is 10.2. The molecule has 0 heterocycles. The Kier molecular flexibility index (Phi) is 4.95. The van der Waals surface area contributed by atoms with E-state index in [4.69, 9.17) is 9.84 Å². The van der Waals surface area contributed by atoms with Crippen molar-refractivity contribution in [1.82, 2.24) is 0 Å². The molecule has 0 aliphatic carbocycles. The summed E-state index contributed by atoms with van der Waals surface area (Å²) in [6, 6.07) is 13.2. The van der Waals surface area contributed by atoms with Crippen molar-refractivity contribution in [2.24, 2.45) is 0 Å². The van der Waals surface area contributed by atoms with Crippen molar-refractivity contribution >= 4 is 17.3 Å². The highest BCUT2D eigenvalue weighted by Crippen LogP contribution is 2.25. The third-order valence-corrected chi connectivity index (χ3v) is 3.35. The molecular weight excluding hydrogens is 266 g/mol. The molecule has 0 saturated carbocycles. The molecule has 110 valence electrons. The van der Waals surface area contributed by atoms with E-state index in [0.29, 0.717) is 11.3 Å². The van der Waals surface area contributed by atoms with Crippen molar-refractivity contribution in [1.29, 1.82) is 0 Å². The lowest BCUT2D eigenvalue weighted by atomic mass is 10.1. The van der Waals surface area contributed by atoms with E-state index in [1.807, 2.05) is 44.2 Å². The number of anilines is 2. The van der Waals surface area contributed by atoms with E-state index in [0.717, 1.165) is 11.3 Å². The second kappa shape index (κ2) is 6.90. The number of rotatable bonds is 5. The van der Waals surface area contributed by atoms with Crippen LogP contribution in [0.25, 0.3) is 0 Å². The minimum atomic E-state index is -0.447. The zero-order valence-corrected chi connectivity index (χ0v) is 12.2. The molecule has 2 aromatic rings. The van der Waals surface area contributed by atoms with Gasteiger partial charge in [-0.15, -0.1) is 0 Å². The number of ether oxygens (including phenoxy) is 1. The first-order valence-electron chi connectivity index (χ1n) is 6.83. The fourth-order valence-electron chi connectivity index (χ4n) is 2.02. The van der Waals surface area contributed by atoms with Gasteiger partial charge in [0.1, 0.15) is 6.61 Å². The Balaban J connectivity index is 2.28. The molecule has 0 aliphatic rings. The van der Waals surface area contributed by atoms with Gasteiger partial charge < -0.3 is 15.2 Å². The summed E-state index contributed by atoms with van der Waals surface area (Å²) < 4.78 is 4.98. The van der Waals surface area contributed by atoms with Crippen LogP contribution in [0.2, 0.25) is 0 Å². The third-order valence-electron chi connectivity index (χ3n) is 3.35. The van der Waals surface area contributed by atoms with Crippen molar-refractivity contribution in [2.75, 3.05) is 18.5 Å². The average Bonchev–Trinajstić information content (AvgIpc) is 2.50. The number of carbonyl (C=O) groups excluding carboxylic acids is 1. The number of esters is 1. The summed E-state index contributed by atoms with van der Waals surface area (Å²) in [5, 5.41) is 12.0. The zero-order chi connectivity index (χ0) is 15.2. The highest BCUT2D eigenvalue weighted by Gasteiger charge is 2.13. The second-order valence-electron chi connectivity index (χ2n) is 4.78. The summed E-state index contributed by atoms with van der Waals surface area (Å²) >= 11 is 0. The van der Waals surface area contributed by atoms with E-state index in [1.54, 1.807) is 12.1 Å². The molecule has 0 amide bonds. The summed E-state index contributed by atoms with van der Waals surface area (Å²) in [4.78, 5) is 12.0. The first kappa shape index (κ1) is 15.1. The van der Waals surface area contributed by atoms with Gasteiger partial charge in [0.05, 0.1) is 17.9 Å². The maximum absolute atomic E-state index is 12.0. The number of para-hydroxylation sites is 1. The van der Waals surface area contributed by atoms with Crippen molar-refractivity contribution in [3.63, 3.8) is 0 Å². The Morgan fingerprint density at radius 1 is 1.10 bits per heavy atom. The van der Waals surface area contributed by atoms with E-state index in [9.17, 15) is 4.79 Å². The van der Waals surface area contributed by atoms with Crippen LogP contribution in [0, 0.1) is 13.8 Å². The molecule has 2 rings (SSSR count). The Bertz CT molecular complexity index is 638. The van der Waals surface area contributed by atoms with Gasteiger partial charge in [-0.1, -0.05) is 24.3 Å². The van der Waals surface area contributed by atoms with Gasteiger partial charge in [0.2, 0.25) is 0 Å². The van der Waals surface area contributed by atoms with Crippen LogP contribution in [0.4, 0.5) is 11.4 Å². The highest BCUT2D eigenvalue weighted by atomic mass is 16.5. The number of aliphatic hydroxyl groups excluding tert-OH is 1. The van der Waals surface area contributed by atoms with Crippen LogP contribution in [-0.4, -0.2) is 24.3 Å². The van der Waals surface area contributed by atoms with Crippen LogP contribution < -0.4 is 5.32 Å². The van der Waals surface area contributed by atoms with E-state index < -0.39 is 5.97 Å². The molecule has 0 saturated heterocycles. The topological polar surface area (TPSA) is 58.6 Å². The monoisotopic (exact) mass is 285 g/mol. The van der Waals surface area contributed by atoms with Crippen molar-refractivity contribution < 1.29 is 14.6 Å². The summed E-state index contributed by atoms with van der Waals surface area (Å²) in [5.74, 6) is -0.447. The largest absolute Gasteiger partial charge is 0.460 e. The van der Waals surface area contributed by atoms with Crippen LogP contribution >= 0.6 is 0 Å². The molecule has 0 bridgehead atoms. The van der Waals surface area contributed by atoms with E-state index in [-0.39, 0.29) is 13.2 Å².